The average molecular weight is 529 g/mol. The Kier molecular flexibility index (Phi) is 9.86. The summed E-state index contributed by atoms with van der Waals surface area (Å²) in [6, 6.07) is 15.3. The normalized spacial score (nSPS) is 15.8. The molecule has 2 N–H and O–H groups in total. The van der Waals surface area contributed by atoms with Gasteiger partial charge in [-0.3, -0.25) is 4.79 Å². The van der Waals surface area contributed by atoms with E-state index in [1.54, 1.807) is 6.07 Å². The van der Waals surface area contributed by atoms with Crippen molar-refractivity contribution in [2.24, 2.45) is 5.92 Å². The molecule has 3 aromatic rings. The predicted octanol–water partition coefficient (Wildman–Crippen LogP) is 4.80. The maximum absolute atomic E-state index is 13.4. The Morgan fingerprint density at radius 2 is 1.74 bits per heavy atom. The van der Waals surface area contributed by atoms with Crippen molar-refractivity contribution in [2.45, 2.75) is 25.7 Å². The minimum atomic E-state index is -0.640. The Bertz CT molecular complexity index is 1200. The van der Waals surface area contributed by atoms with E-state index in [2.05, 4.69) is 10.6 Å². The van der Waals surface area contributed by atoms with Crippen molar-refractivity contribution >= 4 is 5.91 Å². The Morgan fingerprint density at radius 3 is 2.50 bits per heavy atom. The SMILES string of the molecule is O=C(Cc1ccccc1F)NCCc1c(F)cccc1F.c1cc2c(cc1OCC1CCCNC1)OCO2. The highest BCUT2D eigenvalue weighted by Crippen LogP contribution is 2.35. The third kappa shape index (κ3) is 7.89. The molecule has 6 nitrogen and oxygen atoms in total. The van der Waals surface area contributed by atoms with E-state index < -0.39 is 23.4 Å². The first-order chi connectivity index (χ1) is 18.5. The van der Waals surface area contributed by atoms with Gasteiger partial charge < -0.3 is 24.8 Å². The van der Waals surface area contributed by atoms with Crippen LogP contribution in [0, 0.1) is 23.4 Å². The lowest BCUT2D eigenvalue weighted by molar-refractivity contribution is -0.120. The summed E-state index contributed by atoms with van der Waals surface area (Å²) >= 11 is 0. The molecule has 38 heavy (non-hydrogen) atoms. The van der Waals surface area contributed by atoms with Crippen molar-refractivity contribution in [3.05, 3.63) is 89.2 Å². The Labute approximate surface area is 220 Å². The number of hydrogen-bond donors (Lipinski definition) is 2. The second-order valence-electron chi connectivity index (χ2n) is 9.11. The van der Waals surface area contributed by atoms with Gasteiger partial charge in [0, 0.05) is 30.6 Å². The Hall–Kier alpha value is -3.72. The van der Waals surface area contributed by atoms with E-state index in [1.165, 1.54) is 49.2 Å². The van der Waals surface area contributed by atoms with Crippen LogP contribution in [-0.2, 0) is 17.6 Å². The second-order valence-corrected chi connectivity index (χ2v) is 9.11. The molecule has 2 aliphatic rings. The number of ether oxygens (including phenoxy) is 3. The van der Waals surface area contributed by atoms with Crippen molar-refractivity contribution in [1.82, 2.24) is 10.6 Å². The second kappa shape index (κ2) is 13.7. The summed E-state index contributed by atoms with van der Waals surface area (Å²) in [5.41, 5.74) is 0.218. The number of piperidine rings is 1. The molecule has 1 saturated heterocycles. The summed E-state index contributed by atoms with van der Waals surface area (Å²) in [7, 11) is 0. The van der Waals surface area contributed by atoms with Crippen LogP contribution in [0.5, 0.6) is 17.2 Å². The van der Waals surface area contributed by atoms with Crippen LogP contribution in [-0.4, -0.2) is 38.9 Å². The van der Waals surface area contributed by atoms with Gasteiger partial charge in [-0.15, -0.1) is 0 Å². The monoisotopic (exact) mass is 528 g/mol. The summed E-state index contributed by atoms with van der Waals surface area (Å²) < 4.78 is 56.5. The fourth-order valence-corrected chi connectivity index (χ4v) is 4.22. The quantitative estimate of drug-likeness (QED) is 0.440. The molecule has 9 heteroatoms. The molecule has 1 unspecified atom stereocenters. The van der Waals surface area contributed by atoms with Crippen molar-refractivity contribution in [3.63, 3.8) is 0 Å². The topological polar surface area (TPSA) is 68.8 Å². The van der Waals surface area contributed by atoms with E-state index in [4.69, 9.17) is 14.2 Å². The molecule has 202 valence electrons. The molecule has 0 radical (unpaired) electrons. The number of amides is 1. The molecule has 3 aromatic carbocycles. The van der Waals surface area contributed by atoms with Crippen LogP contribution in [0.1, 0.15) is 24.0 Å². The summed E-state index contributed by atoms with van der Waals surface area (Å²) in [6.45, 7) is 3.37. The van der Waals surface area contributed by atoms with Gasteiger partial charge >= 0.3 is 0 Å². The Balaban J connectivity index is 0.000000180. The van der Waals surface area contributed by atoms with Gasteiger partial charge in [-0.1, -0.05) is 24.3 Å². The number of carbonyl (C=O) groups excluding carboxylic acids is 1. The lowest BCUT2D eigenvalue weighted by Crippen LogP contribution is -2.33. The van der Waals surface area contributed by atoms with Crippen LogP contribution in [0.25, 0.3) is 0 Å². The molecule has 2 heterocycles. The van der Waals surface area contributed by atoms with Crippen molar-refractivity contribution in [1.29, 1.82) is 0 Å². The summed E-state index contributed by atoms with van der Waals surface area (Å²) in [6.07, 6.45) is 2.43. The molecule has 1 amide bonds. The fourth-order valence-electron chi connectivity index (χ4n) is 4.22. The zero-order valence-electron chi connectivity index (χ0n) is 21.0. The van der Waals surface area contributed by atoms with E-state index in [0.717, 1.165) is 36.9 Å². The number of hydrogen-bond acceptors (Lipinski definition) is 5. The largest absolute Gasteiger partial charge is 0.493 e. The molecule has 0 saturated carbocycles. The van der Waals surface area contributed by atoms with Crippen molar-refractivity contribution in [2.75, 3.05) is 33.0 Å². The summed E-state index contributed by atoms with van der Waals surface area (Å²) in [4.78, 5) is 11.7. The molecule has 0 spiro atoms. The number of benzene rings is 3. The molecular weight excluding hydrogens is 497 g/mol. The minimum Gasteiger partial charge on any atom is -0.493 e. The number of carbonyl (C=O) groups is 1. The lowest BCUT2D eigenvalue weighted by atomic mass is 10.0. The Morgan fingerprint density at radius 1 is 0.974 bits per heavy atom. The highest BCUT2D eigenvalue weighted by Gasteiger charge is 2.16. The van der Waals surface area contributed by atoms with E-state index >= 15 is 0 Å². The zero-order chi connectivity index (χ0) is 26.7. The van der Waals surface area contributed by atoms with Crippen molar-refractivity contribution < 1.29 is 32.2 Å². The van der Waals surface area contributed by atoms with Crippen molar-refractivity contribution in [3.8, 4) is 17.2 Å². The third-order valence-corrected chi connectivity index (χ3v) is 6.30. The number of nitrogens with one attached hydrogen (secondary N) is 2. The molecule has 0 aliphatic carbocycles. The van der Waals surface area contributed by atoms with Crippen LogP contribution in [0.4, 0.5) is 13.2 Å². The highest BCUT2D eigenvalue weighted by atomic mass is 19.1. The summed E-state index contributed by atoms with van der Waals surface area (Å²) in [5, 5.41) is 5.91. The average Bonchev–Trinajstić information content (AvgIpc) is 3.40. The first kappa shape index (κ1) is 27.3. The van der Waals surface area contributed by atoms with Gasteiger partial charge in [0.05, 0.1) is 13.0 Å². The van der Waals surface area contributed by atoms with Crippen LogP contribution < -0.4 is 24.8 Å². The molecule has 1 atom stereocenters. The van der Waals surface area contributed by atoms with E-state index in [-0.39, 0.29) is 30.5 Å². The zero-order valence-corrected chi connectivity index (χ0v) is 21.0. The number of fused-ring (bicyclic) bond motifs is 1. The van der Waals surface area contributed by atoms with Gasteiger partial charge in [0.25, 0.3) is 0 Å². The van der Waals surface area contributed by atoms with Gasteiger partial charge in [0.15, 0.2) is 11.5 Å². The fraction of sp³-hybridized carbons (Fsp3) is 0.345. The summed E-state index contributed by atoms with van der Waals surface area (Å²) in [5.74, 6) is 0.941. The minimum absolute atomic E-state index is 0.0432. The first-order valence-electron chi connectivity index (χ1n) is 12.7. The van der Waals surface area contributed by atoms with Crippen LogP contribution >= 0.6 is 0 Å². The van der Waals surface area contributed by atoms with Crippen LogP contribution in [0.3, 0.4) is 0 Å². The molecule has 2 aliphatic heterocycles. The van der Waals surface area contributed by atoms with E-state index in [1.807, 2.05) is 18.2 Å². The van der Waals surface area contributed by atoms with Crippen LogP contribution in [0.15, 0.2) is 60.7 Å². The van der Waals surface area contributed by atoms with Gasteiger partial charge in [0.2, 0.25) is 12.7 Å². The third-order valence-electron chi connectivity index (χ3n) is 6.30. The smallest absolute Gasteiger partial charge is 0.231 e. The first-order valence-corrected chi connectivity index (χ1v) is 12.7. The van der Waals surface area contributed by atoms with E-state index in [0.29, 0.717) is 12.7 Å². The maximum atomic E-state index is 13.4. The molecular formula is C29H31F3N2O4. The molecule has 0 bridgehead atoms. The van der Waals surface area contributed by atoms with Gasteiger partial charge in [0.1, 0.15) is 23.2 Å². The van der Waals surface area contributed by atoms with Gasteiger partial charge in [-0.2, -0.15) is 0 Å². The number of halogens is 3. The van der Waals surface area contributed by atoms with Gasteiger partial charge in [-0.05, 0) is 61.7 Å². The highest BCUT2D eigenvalue weighted by molar-refractivity contribution is 5.78. The number of rotatable bonds is 8. The molecule has 0 aromatic heterocycles. The maximum Gasteiger partial charge on any atom is 0.231 e. The standard InChI is InChI=1S/C16H14F3NO.C13H17NO3/c17-13-5-2-1-4-11(13)10-16(21)20-9-8-12-14(18)6-3-7-15(12)19;1-2-10(7-14-5-1)8-15-11-3-4-12-13(6-11)17-9-16-12/h1-7H,8-10H2,(H,20,21);3-4,6,10,14H,1-2,5,7-9H2. The molecule has 5 rings (SSSR count). The predicted molar refractivity (Wildman–Crippen MR) is 137 cm³/mol. The van der Waals surface area contributed by atoms with E-state index in [9.17, 15) is 18.0 Å². The lowest BCUT2D eigenvalue weighted by Gasteiger charge is -2.22. The molecule has 1 fully saturated rings. The van der Waals surface area contributed by atoms with Crippen LogP contribution in [0.2, 0.25) is 0 Å². The van der Waals surface area contributed by atoms with Gasteiger partial charge in [-0.25, -0.2) is 13.2 Å².